The SMILES string of the molecule is O=C(Cn1cc(Br)c([N+](=O)[O-])n1)NC1CCCC1. The molecule has 0 aliphatic heterocycles. The zero-order valence-electron chi connectivity index (χ0n) is 9.63. The van der Waals surface area contributed by atoms with Crippen molar-refractivity contribution in [1.29, 1.82) is 0 Å². The largest absolute Gasteiger partial charge is 0.404 e. The lowest BCUT2D eigenvalue weighted by Gasteiger charge is -2.10. The second kappa shape index (κ2) is 5.47. The van der Waals surface area contributed by atoms with Gasteiger partial charge < -0.3 is 15.4 Å². The predicted octanol–water partition coefficient (Wildman–Crippen LogP) is 1.61. The van der Waals surface area contributed by atoms with E-state index in [0.717, 1.165) is 25.7 Å². The van der Waals surface area contributed by atoms with E-state index < -0.39 is 4.92 Å². The molecule has 0 bridgehead atoms. The first-order chi connectivity index (χ1) is 8.56. The third-order valence-electron chi connectivity index (χ3n) is 2.90. The van der Waals surface area contributed by atoms with Gasteiger partial charge in [0.25, 0.3) is 0 Å². The Labute approximate surface area is 112 Å². The molecule has 1 N–H and O–H groups in total. The summed E-state index contributed by atoms with van der Waals surface area (Å²) < 4.78 is 1.55. The van der Waals surface area contributed by atoms with Gasteiger partial charge in [-0.05, 0) is 33.7 Å². The molecule has 1 aromatic heterocycles. The molecule has 8 heteroatoms. The van der Waals surface area contributed by atoms with Crippen molar-refractivity contribution in [3.05, 3.63) is 20.8 Å². The van der Waals surface area contributed by atoms with Crippen LogP contribution >= 0.6 is 15.9 Å². The summed E-state index contributed by atoms with van der Waals surface area (Å²) in [5.41, 5.74) is 0. The van der Waals surface area contributed by atoms with Crippen LogP contribution in [0.5, 0.6) is 0 Å². The molecule has 18 heavy (non-hydrogen) atoms. The van der Waals surface area contributed by atoms with Crippen LogP contribution in [0.4, 0.5) is 5.82 Å². The van der Waals surface area contributed by atoms with Crippen LogP contribution in [0.2, 0.25) is 0 Å². The van der Waals surface area contributed by atoms with E-state index in [0.29, 0.717) is 0 Å². The van der Waals surface area contributed by atoms with Crippen molar-refractivity contribution >= 4 is 27.7 Å². The number of halogens is 1. The number of hydrogen-bond donors (Lipinski definition) is 1. The van der Waals surface area contributed by atoms with E-state index in [4.69, 9.17) is 0 Å². The molecule has 1 fully saturated rings. The van der Waals surface area contributed by atoms with E-state index >= 15 is 0 Å². The molecule has 1 aliphatic carbocycles. The molecule has 0 spiro atoms. The highest BCUT2D eigenvalue weighted by atomic mass is 79.9. The fraction of sp³-hybridized carbons (Fsp3) is 0.600. The van der Waals surface area contributed by atoms with E-state index in [1.165, 1.54) is 10.9 Å². The van der Waals surface area contributed by atoms with Crippen LogP contribution < -0.4 is 5.32 Å². The van der Waals surface area contributed by atoms with Crippen LogP contribution in [0.15, 0.2) is 10.7 Å². The normalized spacial score (nSPS) is 15.8. The van der Waals surface area contributed by atoms with E-state index in [1.54, 1.807) is 0 Å². The minimum Gasteiger partial charge on any atom is -0.358 e. The quantitative estimate of drug-likeness (QED) is 0.675. The standard InChI is InChI=1S/C10H13BrN4O3/c11-8-5-14(13-10(8)15(17)18)6-9(16)12-7-3-1-2-4-7/h5,7H,1-4,6H2,(H,12,16). The number of carbonyl (C=O) groups is 1. The second-order valence-electron chi connectivity index (χ2n) is 4.30. The molecule has 0 saturated heterocycles. The molecule has 7 nitrogen and oxygen atoms in total. The average molecular weight is 317 g/mol. The Morgan fingerprint density at radius 1 is 1.61 bits per heavy atom. The summed E-state index contributed by atoms with van der Waals surface area (Å²) in [4.78, 5) is 21.7. The molecular formula is C10H13BrN4O3. The minimum absolute atomic E-state index is 0.00292. The monoisotopic (exact) mass is 316 g/mol. The lowest BCUT2D eigenvalue weighted by molar-refractivity contribution is -0.390. The van der Waals surface area contributed by atoms with Gasteiger partial charge in [-0.2, -0.15) is 4.68 Å². The zero-order chi connectivity index (χ0) is 13.1. The Hall–Kier alpha value is -1.44. The van der Waals surface area contributed by atoms with Crippen molar-refractivity contribution in [3.8, 4) is 0 Å². The Bertz CT molecular complexity index is 468. The molecule has 1 saturated carbocycles. The van der Waals surface area contributed by atoms with Crippen LogP contribution in [0, 0.1) is 10.1 Å². The van der Waals surface area contributed by atoms with Crippen LogP contribution in [-0.2, 0) is 11.3 Å². The molecule has 1 amide bonds. The molecular weight excluding hydrogens is 304 g/mol. The number of carbonyl (C=O) groups excluding carboxylic acids is 1. The summed E-state index contributed by atoms with van der Waals surface area (Å²) in [5.74, 6) is -0.435. The lowest BCUT2D eigenvalue weighted by atomic mass is 10.2. The van der Waals surface area contributed by atoms with Crippen molar-refractivity contribution in [2.45, 2.75) is 38.3 Å². The number of nitrogens with zero attached hydrogens (tertiary/aromatic N) is 3. The van der Waals surface area contributed by atoms with Gasteiger partial charge >= 0.3 is 5.82 Å². The summed E-state index contributed by atoms with van der Waals surface area (Å²) in [6.45, 7) is 0.00292. The van der Waals surface area contributed by atoms with E-state index in [2.05, 4.69) is 26.3 Å². The van der Waals surface area contributed by atoms with Crippen LogP contribution in [0.1, 0.15) is 25.7 Å². The van der Waals surface area contributed by atoms with E-state index in [1.807, 2.05) is 0 Å². The fourth-order valence-electron chi connectivity index (χ4n) is 2.08. The smallest absolute Gasteiger partial charge is 0.358 e. The Morgan fingerprint density at radius 2 is 2.28 bits per heavy atom. The maximum absolute atomic E-state index is 11.7. The zero-order valence-corrected chi connectivity index (χ0v) is 11.2. The summed E-state index contributed by atoms with van der Waals surface area (Å²) in [5, 5.41) is 17.2. The van der Waals surface area contributed by atoms with Gasteiger partial charge in [-0.15, -0.1) is 0 Å². The van der Waals surface area contributed by atoms with Gasteiger partial charge in [-0.25, -0.2) is 0 Å². The van der Waals surface area contributed by atoms with E-state index in [-0.39, 0.29) is 28.8 Å². The third kappa shape index (κ3) is 3.06. The highest BCUT2D eigenvalue weighted by Gasteiger charge is 2.21. The molecule has 1 aliphatic rings. The number of nitro groups is 1. The number of nitrogens with one attached hydrogen (secondary N) is 1. The summed E-state index contributed by atoms with van der Waals surface area (Å²) >= 11 is 3.04. The molecule has 98 valence electrons. The van der Waals surface area contributed by atoms with Crippen LogP contribution in [0.3, 0.4) is 0 Å². The maximum Gasteiger partial charge on any atom is 0.404 e. The van der Waals surface area contributed by atoms with Gasteiger partial charge in [0.05, 0.1) is 11.3 Å². The first-order valence-corrected chi connectivity index (χ1v) is 6.52. The minimum atomic E-state index is -0.588. The molecule has 0 aromatic carbocycles. The number of hydrogen-bond acceptors (Lipinski definition) is 4. The van der Waals surface area contributed by atoms with Gasteiger partial charge in [0, 0.05) is 6.04 Å². The van der Waals surface area contributed by atoms with Crippen molar-refractivity contribution in [1.82, 2.24) is 15.1 Å². The fourth-order valence-corrected chi connectivity index (χ4v) is 2.54. The molecule has 1 heterocycles. The second-order valence-corrected chi connectivity index (χ2v) is 5.16. The van der Waals surface area contributed by atoms with Crippen molar-refractivity contribution in [2.24, 2.45) is 0 Å². The Kier molecular flexibility index (Phi) is 3.95. The number of rotatable bonds is 4. The Morgan fingerprint density at radius 3 is 2.83 bits per heavy atom. The molecule has 0 radical (unpaired) electrons. The Balaban J connectivity index is 1.94. The summed E-state index contributed by atoms with van der Waals surface area (Å²) in [6, 6.07) is 0.242. The van der Waals surface area contributed by atoms with Gasteiger partial charge in [-0.3, -0.25) is 4.79 Å². The first kappa shape index (κ1) is 13.0. The molecule has 0 atom stereocenters. The molecule has 1 aromatic rings. The number of amides is 1. The third-order valence-corrected chi connectivity index (χ3v) is 3.46. The van der Waals surface area contributed by atoms with Crippen LogP contribution in [-0.4, -0.2) is 26.7 Å². The van der Waals surface area contributed by atoms with E-state index in [9.17, 15) is 14.9 Å². The number of aromatic nitrogens is 2. The highest BCUT2D eigenvalue weighted by molar-refractivity contribution is 9.10. The van der Waals surface area contributed by atoms with Crippen molar-refractivity contribution in [2.75, 3.05) is 0 Å². The van der Waals surface area contributed by atoms with Crippen molar-refractivity contribution in [3.63, 3.8) is 0 Å². The molecule has 0 unspecified atom stereocenters. The maximum atomic E-state index is 11.7. The first-order valence-electron chi connectivity index (χ1n) is 5.73. The topological polar surface area (TPSA) is 90.1 Å². The predicted molar refractivity (Wildman–Crippen MR) is 67.0 cm³/mol. The highest BCUT2D eigenvalue weighted by Crippen LogP contribution is 2.22. The molecule has 2 rings (SSSR count). The van der Waals surface area contributed by atoms with Crippen molar-refractivity contribution < 1.29 is 9.72 Å². The summed E-state index contributed by atoms with van der Waals surface area (Å²) in [6.07, 6.45) is 5.74. The lowest BCUT2D eigenvalue weighted by Crippen LogP contribution is -2.35. The van der Waals surface area contributed by atoms with Gasteiger partial charge in [0.2, 0.25) is 5.91 Å². The van der Waals surface area contributed by atoms with Gasteiger partial charge in [0.1, 0.15) is 11.0 Å². The van der Waals surface area contributed by atoms with Crippen LogP contribution in [0.25, 0.3) is 0 Å². The van der Waals surface area contributed by atoms with Gasteiger partial charge in [0.15, 0.2) is 0 Å². The average Bonchev–Trinajstić information content (AvgIpc) is 2.88. The summed E-state index contributed by atoms with van der Waals surface area (Å²) in [7, 11) is 0. The van der Waals surface area contributed by atoms with Gasteiger partial charge in [-0.1, -0.05) is 12.8 Å².